The first kappa shape index (κ1) is 18.0. The monoisotopic (exact) mass is 355 g/mol. The minimum absolute atomic E-state index is 0.127. The number of halogens is 1. The van der Waals surface area contributed by atoms with Gasteiger partial charge < -0.3 is 14.4 Å². The predicted octanol–water partition coefficient (Wildman–Crippen LogP) is 4.05. The number of methoxy groups -OCH3 is 2. The molecule has 0 heterocycles. The van der Waals surface area contributed by atoms with Gasteiger partial charge in [0.25, 0.3) is 0 Å². The van der Waals surface area contributed by atoms with Crippen molar-refractivity contribution in [1.29, 1.82) is 0 Å². The van der Waals surface area contributed by atoms with Crippen LogP contribution in [-0.4, -0.2) is 31.1 Å². The Morgan fingerprint density at radius 1 is 1.15 bits per heavy atom. The van der Waals surface area contributed by atoms with Gasteiger partial charge in [-0.2, -0.15) is 0 Å². The lowest BCUT2D eigenvalue weighted by Gasteiger charge is -2.21. The molecule has 1 aliphatic rings. The summed E-state index contributed by atoms with van der Waals surface area (Å²) in [6.07, 6.45) is 5.17. The molecule has 1 aliphatic carbocycles. The number of amides is 1. The highest BCUT2D eigenvalue weighted by Gasteiger charge is 2.31. The maximum Gasteiger partial charge on any atom is 0.247 e. The Bertz CT molecular complexity index is 792. The molecule has 0 saturated heterocycles. The van der Waals surface area contributed by atoms with Gasteiger partial charge in [-0.1, -0.05) is 18.2 Å². The van der Waals surface area contributed by atoms with Gasteiger partial charge in [0.05, 0.1) is 14.2 Å². The van der Waals surface area contributed by atoms with Crippen molar-refractivity contribution in [1.82, 2.24) is 4.90 Å². The smallest absolute Gasteiger partial charge is 0.247 e. The minimum Gasteiger partial charge on any atom is -0.497 e. The van der Waals surface area contributed by atoms with E-state index in [4.69, 9.17) is 9.47 Å². The molecule has 2 aromatic carbocycles. The van der Waals surface area contributed by atoms with Crippen molar-refractivity contribution in [2.45, 2.75) is 25.4 Å². The third-order valence-corrected chi connectivity index (χ3v) is 4.36. The average Bonchev–Trinajstić information content (AvgIpc) is 3.50. The Kier molecular flexibility index (Phi) is 5.56. The van der Waals surface area contributed by atoms with Gasteiger partial charge in [0.15, 0.2) is 0 Å². The molecule has 26 heavy (non-hydrogen) atoms. The third kappa shape index (κ3) is 4.42. The van der Waals surface area contributed by atoms with E-state index in [1.54, 1.807) is 49.5 Å². The molecule has 0 spiro atoms. The highest BCUT2D eigenvalue weighted by molar-refractivity contribution is 5.92. The van der Waals surface area contributed by atoms with E-state index in [1.165, 1.54) is 12.1 Å². The summed E-state index contributed by atoms with van der Waals surface area (Å²) in [5.74, 6) is 0.897. The molecule has 1 amide bonds. The van der Waals surface area contributed by atoms with E-state index in [2.05, 4.69) is 0 Å². The Balaban J connectivity index is 1.76. The predicted molar refractivity (Wildman–Crippen MR) is 98.6 cm³/mol. The van der Waals surface area contributed by atoms with Crippen LogP contribution in [0.25, 0.3) is 6.08 Å². The van der Waals surface area contributed by atoms with Crippen LogP contribution in [-0.2, 0) is 11.3 Å². The first-order chi connectivity index (χ1) is 12.6. The Morgan fingerprint density at radius 3 is 2.38 bits per heavy atom. The van der Waals surface area contributed by atoms with Gasteiger partial charge in [-0.25, -0.2) is 4.39 Å². The summed E-state index contributed by atoms with van der Waals surface area (Å²) >= 11 is 0. The first-order valence-corrected chi connectivity index (χ1v) is 8.56. The van der Waals surface area contributed by atoms with Crippen LogP contribution in [0.2, 0.25) is 0 Å². The molecule has 0 aromatic heterocycles. The molecule has 136 valence electrons. The maximum atomic E-state index is 13.9. The van der Waals surface area contributed by atoms with E-state index in [9.17, 15) is 9.18 Å². The summed E-state index contributed by atoms with van der Waals surface area (Å²) in [6.45, 7) is 0.280. The van der Waals surface area contributed by atoms with Crippen molar-refractivity contribution >= 4 is 12.0 Å². The number of rotatable bonds is 7. The van der Waals surface area contributed by atoms with Crippen LogP contribution < -0.4 is 9.47 Å². The summed E-state index contributed by atoms with van der Waals surface area (Å²) < 4.78 is 24.4. The Morgan fingerprint density at radius 2 is 1.81 bits per heavy atom. The van der Waals surface area contributed by atoms with Crippen molar-refractivity contribution in [3.63, 3.8) is 0 Å². The minimum atomic E-state index is -0.285. The van der Waals surface area contributed by atoms with Gasteiger partial charge in [0, 0.05) is 30.3 Å². The summed E-state index contributed by atoms with van der Waals surface area (Å²) in [6, 6.07) is 12.2. The number of hydrogen-bond donors (Lipinski definition) is 0. The number of carbonyl (C=O) groups excluding carboxylic acids is 1. The lowest BCUT2D eigenvalue weighted by molar-refractivity contribution is -0.127. The fourth-order valence-corrected chi connectivity index (χ4v) is 2.77. The van der Waals surface area contributed by atoms with Gasteiger partial charge in [-0.15, -0.1) is 0 Å². The standard InChI is InChI=1S/C21H22FNO3/c1-25-18-11-15(12-19(13-18)26-2)7-10-21(24)23(17-8-9-17)14-16-5-3-4-6-20(16)22/h3-7,10-13,17H,8-9,14H2,1-2H3/b10-7+. The summed E-state index contributed by atoms with van der Waals surface area (Å²) in [4.78, 5) is 14.4. The van der Waals surface area contributed by atoms with Crippen molar-refractivity contribution in [3.05, 3.63) is 65.5 Å². The summed E-state index contributed by atoms with van der Waals surface area (Å²) in [7, 11) is 3.16. The normalized spacial score (nSPS) is 13.7. The van der Waals surface area contributed by atoms with Crippen LogP contribution in [0.15, 0.2) is 48.5 Å². The zero-order valence-corrected chi connectivity index (χ0v) is 14.9. The SMILES string of the molecule is COc1cc(/C=C/C(=O)N(Cc2ccccc2F)C2CC2)cc(OC)c1. The molecule has 2 aromatic rings. The largest absolute Gasteiger partial charge is 0.497 e. The number of carbonyl (C=O) groups is 1. The molecule has 3 rings (SSSR count). The van der Waals surface area contributed by atoms with Gasteiger partial charge in [-0.3, -0.25) is 4.79 Å². The van der Waals surface area contributed by atoms with Crippen molar-refractivity contribution in [2.24, 2.45) is 0 Å². The molecule has 0 unspecified atom stereocenters. The van der Waals surface area contributed by atoms with E-state index in [1.807, 2.05) is 12.1 Å². The molecule has 1 fully saturated rings. The van der Waals surface area contributed by atoms with Crippen LogP contribution in [0.3, 0.4) is 0 Å². The van der Waals surface area contributed by atoms with Crippen LogP contribution >= 0.6 is 0 Å². The molecule has 0 N–H and O–H groups in total. The number of hydrogen-bond acceptors (Lipinski definition) is 3. The second-order valence-electron chi connectivity index (χ2n) is 6.27. The van der Waals surface area contributed by atoms with Crippen molar-refractivity contribution in [2.75, 3.05) is 14.2 Å². The second-order valence-corrected chi connectivity index (χ2v) is 6.27. The molecular weight excluding hydrogens is 333 g/mol. The fourth-order valence-electron chi connectivity index (χ4n) is 2.77. The molecule has 0 atom stereocenters. The third-order valence-electron chi connectivity index (χ3n) is 4.36. The zero-order chi connectivity index (χ0) is 18.5. The molecule has 1 saturated carbocycles. The van der Waals surface area contributed by atoms with Gasteiger partial charge >= 0.3 is 0 Å². The Labute approximate surface area is 152 Å². The summed E-state index contributed by atoms with van der Waals surface area (Å²) in [5.41, 5.74) is 1.33. The van der Waals surface area contributed by atoms with Crippen LogP contribution in [0.1, 0.15) is 24.0 Å². The first-order valence-electron chi connectivity index (χ1n) is 8.56. The molecule has 0 radical (unpaired) electrons. The fraction of sp³-hybridized carbons (Fsp3) is 0.286. The van der Waals surface area contributed by atoms with E-state index < -0.39 is 0 Å². The van der Waals surface area contributed by atoms with E-state index in [-0.39, 0.29) is 24.3 Å². The highest BCUT2D eigenvalue weighted by atomic mass is 19.1. The summed E-state index contributed by atoms with van der Waals surface area (Å²) in [5, 5.41) is 0. The quantitative estimate of drug-likeness (QED) is 0.704. The van der Waals surface area contributed by atoms with E-state index in [0.29, 0.717) is 17.1 Å². The van der Waals surface area contributed by atoms with Crippen LogP contribution in [0.5, 0.6) is 11.5 Å². The van der Waals surface area contributed by atoms with Crippen LogP contribution in [0, 0.1) is 5.82 Å². The molecular formula is C21H22FNO3. The van der Waals surface area contributed by atoms with E-state index in [0.717, 1.165) is 18.4 Å². The topological polar surface area (TPSA) is 38.8 Å². The molecule has 5 heteroatoms. The molecule has 4 nitrogen and oxygen atoms in total. The van der Waals surface area contributed by atoms with Crippen LogP contribution in [0.4, 0.5) is 4.39 Å². The highest BCUT2D eigenvalue weighted by Crippen LogP contribution is 2.29. The lowest BCUT2D eigenvalue weighted by Crippen LogP contribution is -2.31. The number of nitrogens with zero attached hydrogens (tertiary/aromatic N) is 1. The van der Waals surface area contributed by atoms with Gasteiger partial charge in [0.2, 0.25) is 5.91 Å². The number of ether oxygens (including phenoxy) is 2. The van der Waals surface area contributed by atoms with Crippen molar-refractivity contribution < 1.29 is 18.7 Å². The average molecular weight is 355 g/mol. The maximum absolute atomic E-state index is 13.9. The Hall–Kier alpha value is -2.82. The lowest BCUT2D eigenvalue weighted by atomic mass is 10.1. The second kappa shape index (κ2) is 8.04. The van der Waals surface area contributed by atoms with E-state index >= 15 is 0 Å². The molecule has 0 aliphatic heterocycles. The van der Waals surface area contributed by atoms with Gasteiger partial charge in [-0.05, 0) is 42.7 Å². The zero-order valence-electron chi connectivity index (χ0n) is 14.9. The van der Waals surface area contributed by atoms with Gasteiger partial charge in [0.1, 0.15) is 17.3 Å². The van der Waals surface area contributed by atoms with Crippen molar-refractivity contribution in [3.8, 4) is 11.5 Å². The molecule has 0 bridgehead atoms. The number of benzene rings is 2.